The highest BCUT2D eigenvalue weighted by atomic mass is 79.9. The first-order valence-corrected chi connectivity index (χ1v) is 6.24. The Morgan fingerprint density at radius 1 is 1.44 bits per heavy atom. The fourth-order valence-corrected chi connectivity index (χ4v) is 2.62. The standard InChI is InChI=1S/C9H5BrClN3OS/c10-5-1-4-16-6(5)9(15)14-8-7(11)12-2-3-13-8/h1-4H,(H,13,14,15). The number of aromatic nitrogens is 2. The molecule has 2 aromatic rings. The van der Waals surface area contributed by atoms with Crippen molar-refractivity contribution in [3.8, 4) is 0 Å². The van der Waals surface area contributed by atoms with Crippen LogP contribution >= 0.6 is 38.9 Å². The third-order valence-corrected chi connectivity index (χ3v) is 3.82. The first-order valence-electron chi connectivity index (χ1n) is 4.19. The molecule has 0 spiro atoms. The zero-order valence-corrected chi connectivity index (χ0v) is 10.9. The van der Waals surface area contributed by atoms with Gasteiger partial charge in [0.25, 0.3) is 5.91 Å². The Hall–Kier alpha value is -0.980. The Labute approximate surface area is 109 Å². The first-order chi connectivity index (χ1) is 7.68. The van der Waals surface area contributed by atoms with Crippen LogP contribution in [-0.2, 0) is 0 Å². The molecule has 0 radical (unpaired) electrons. The van der Waals surface area contributed by atoms with Crippen LogP contribution in [-0.4, -0.2) is 15.9 Å². The summed E-state index contributed by atoms with van der Waals surface area (Å²) in [6.45, 7) is 0. The van der Waals surface area contributed by atoms with Gasteiger partial charge in [-0.25, -0.2) is 9.97 Å². The fraction of sp³-hybridized carbons (Fsp3) is 0. The molecule has 1 N–H and O–H groups in total. The summed E-state index contributed by atoms with van der Waals surface area (Å²) in [5.41, 5.74) is 0. The molecule has 4 nitrogen and oxygen atoms in total. The lowest BCUT2D eigenvalue weighted by molar-refractivity contribution is 0.102. The van der Waals surface area contributed by atoms with E-state index in [0.29, 0.717) is 4.88 Å². The molecule has 82 valence electrons. The van der Waals surface area contributed by atoms with Gasteiger partial charge in [0.15, 0.2) is 11.0 Å². The van der Waals surface area contributed by atoms with Crippen molar-refractivity contribution in [2.75, 3.05) is 5.32 Å². The molecule has 0 saturated carbocycles. The van der Waals surface area contributed by atoms with Crippen molar-refractivity contribution in [3.05, 3.63) is 38.3 Å². The van der Waals surface area contributed by atoms with Crippen molar-refractivity contribution in [3.63, 3.8) is 0 Å². The third-order valence-electron chi connectivity index (χ3n) is 1.71. The van der Waals surface area contributed by atoms with Crippen molar-refractivity contribution < 1.29 is 4.79 Å². The fourth-order valence-electron chi connectivity index (χ4n) is 1.02. The van der Waals surface area contributed by atoms with Crippen molar-refractivity contribution in [1.82, 2.24) is 9.97 Å². The van der Waals surface area contributed by atoms with Gasteiger partial charge in [0, 0.05) is 16.9 Å². The molecule has 0 aliphatic rings. The molecule has 1 amide bonds. The van der Waals surface area contributed by atoms with Crippen molar-refractivity contribution in [1.29, 1.82) is 0 Å². The number of anilines is 1. The zero-order valence-electron chi connectivity index (χ0n) is 7.78. The van der Waals surface area contributed by atoms with Crippen LogP contribution in [0.4, 0.5) is 5.82 Å². The molecule has 2 aromatic heterocycles. The van der Waals surface area contributed by atoms with Crippen LogP contribution in [0.3, 0.4) is 0 Å². The maximum absolute atomic E-state index is 11.8. The second-order valence-corrected chi connectivity index (χ2v) is 4.88. The lowest BCUT2D eigenvalue weighted by atomic mass is 10.4. The predicted octanol–water partition coefficient (Wildman–Crippen LogP) is 3.21. The zero-order chi connectivity index (χ0) is 11.5. The van der Waals surface area contributed by atoms with E-state index in [2.05, 4.69) is 31.2 Å². The van der Waals surface area contributed by atoms with Crippen LogP contribution in [0.1, 0.15) is 9.67 Å². The number of hydrogen-bond acceptors (Lipinski definition) is 4. The van der Waals surface area contributed by atoms with E-state index in [-0.39, 0.29) is 16.9 Å². The molecule has 0 unspecified atom stereocenters. The second-order valence-electron chi connectivity index (χ2n) is 2.75. The molecule has 0 aromatic carbocycles. The molecule has 0 saturated heterocycles. The van der Waals surface area contributed by atoms with E-state index in [1.807, 2.05) is 5.38 Å². The Morgan fingerprint density at radius 2 is 2.19 bits per heavy atom. The van der Waals surface area contributed by atoms with Gasteiger partial charge in [0.05, 0.1) is 0 Å². The molecular weight excluding hydrogens is 314 g/mol. The highest BCUT2D eigenvalue weighted by molar-refractivity contribution is 9.10. The smallest absolute Gasteiger partial charge is 0.268 e. The van der Waals surface area contributed by atoms with Crippen molar-refractivity contribution >= 4 is 50.6 Å². The molecular formula is C9H5BrClN3OS. The molecule has 7 heteroatoms. The highest BCUT2D eigenvalue weighted by Crippen LogP contribution is 2.24. The van der Waals surface area contributed by atoms with E-state index in [1.54, 1.807) is 6.07 Å². The summed E-state index contributed by atoms with van der Waals surface area (Å²) in [6, 6.07) is 1.80. The number of carbonyl (C=O) groups is 1. The number of nitrogens with one attached hydrogen (secondary N) is 1. The summed E-state index contributed by atoms with van der Waals surface area (Å²) in [6.07, 6.45) is 2.92. The van der Waals surface area contributed by atoms with Gasteiger partial charge in [-0.1, -0.05) is 11.6 Å². The second kappa shape index (κ2) is 4.90. The van der Waals surface area contributed by atoms with E-state index < -0.39 is 0 Å². The Bertz CT molecular complexity index is 531. The number of thiophene rings is 1. The van der Waals surface area contributed by atoms with Crippen molar-refractivity contribution in [2.24, 2.45) is 0 Å². The largest absolute Gasteiger partial charge is 0.303 e. The molecule has 0 aliphatic carbocycles. The van der Waals surface area contributed by atoms with Crippen LogP contribution in [0.15, 0.2) is 28.3 Å². The van der Waals surface area contributed by atoms with E-state index in [1.165, 1.54) is 23.7 Å². The minimum Gasteiger partial charge on any atom is -0.303 e. The summed E-state index contributed by atoms with van der Waals surface area (Å²) >= 11 is 10.4. The van der Waals surface area contributed by atoms with Gasteiger partial charge < -0.3 is 5.32 Å². The van der Waals surface area contributed by atoms with Gasteiger partial charge in [-0.3, -0.25) is 4.79 Å². The monoisotopic (exact) mass is 317 g/mol. The van der Waals surface area contributed by atoms with Crippen LogP contribution in [0.5, 0.6) is 0 Å². The summed E-state index contributed by atoms with van der Waals surface area (Å²) in [5, 5.41) is 4.58. The minimum atomic E-state index is -0.260. The molecule has 0 aliphatic heterocycles. The van der Waals surface area contributed by atoms with Gasteiger partial charge in [-0.15, -0.1) is 11.3 Å². The number of rotatable bonds is 2. The summed E-state index contributed by atoms with van der Waals surface area (Å²) in [5.74, 6) is -0.00117. The van der Waals surface area contributed by atoms with Gasteiger partial charge in [0.2, 0.25) is 0 Å². The summed E-state index contributed by atoms with van der Waals surface area (Å²) < 4.78 is 0.745. The number of halogens is 2. The number of carbonyl (C=O) groups excluding carboxylic acids is 1. The van der Waals surface area contributed by atoms with E-state index in [9.17, 15) is 4.79 Å². The average Bonchev–Trinajstić information content (AvgIpc) is 2.68. The van der Waals surface area contributed by atoms with Crippen LogP contribution in [0.2, 0.25) is 5.15 Å². The van der Waals surface area contributed by atoms with Gasteiger partial charge >= 0.3 is 0 Å². The number of hydrogen-bond donors (Lipinski definition) is 1. The van der Waals surface area contributed by atoms with E-state index in [0.717, 1.165) is 4.47 Å². The van der Waals surface area contributed by atoms with Gasteiger partial charge in [-0.05, 0) is 27.4 Å². The summed E-state index contributed by atoms with van der Waals surface area (Å²) in [7, 11) is 0. The first kappa shape index (κ1) is 11.5. The molecule has 2 rings (SSSR count). The molecule has 16 heavy (non-hydrogen) atoms. The third kappa shape index (κ3) is 2.40. The van der Waals surface area contributed by atoms with Crippen LogP contribution < -0.4 is 5.32 Å². The summed E-state index contributed by atoms with van der Waals surface area (Å²) in [4.78, 5) is 20.1. The maximum atomic E-state index is 11.8. The van der Waals surface area contributed by atoms with Gasteiger partial charge in [-0.2, -0.15) is 0 Å². The average molecular weight is 319 g/mol. The van der Waals surface area contributed by atoms with Gasteiger partial charge in [0.1, 0.15) is 4.88 Å². The molecule has 0 atom stereocenters. The van der Waals surface area contributed by atoms with E-state index >= 15 is 0 Å². The Kier molecular flexibility index (Phi) is 3.52. The lowest BCUT2D eigenvalue weighted by Gasteiger charge is -2.03. The van der Waals surface area contributed by atoms with Crippen molar-refractivity contribution in [2.45, 2.75) is 0 Å². The predicted molar refractivity (Wildman–Crippen MR) is 67.0 cm³/mol. The Balaban J connectivity index is 2.21. The highest BCUT2D eigenvalue weighted by Gasteiger charge is 2.13. The van der Waals surface area contributed by atoms with Crippen LogP contribution in [0.25, 0.3) is 0 Å². The van der Waals surface area contributed by atoms with Crippen LogP contribution in [0, 0.1) is 0 Å². The number of amides is 1. The SMILES string of the molecule is O=C(Nc1nccnc1Cl)c1sccc1Br. The number of nitrogens with zero attached hydrogens (tertiary/aromatic N) is 2. The molecule has 2 heterocycles. The van der Waals surface area contributed by atoms with E-state index in [4.69, 9.17) is 11.6 Å². The normalized spacial score (nSPS) is 10.1. The lowest BCUT2D eigenvalue weighted by Crippen LogP contribution is -2.12. The maximum Gasteiger partial charge on any atom is 0.268 e. The Morgan fingerprint density at radius 3 is 2.81 bits per heavy atom. The minimum absolute atomic E-state index is 0.170. The quantitative estimate of drug-likeness (QED) is 0.925. The topological polar surface area (TPSA) is 54.9 Å². The molecule has 0 fully saturated rings. The molecule has 0 bridgehead atoms.